The van der Waals surface area contributed by atoms with Crippen LogP contribution in [0.5, 0.6) is 0 Å². The number of benzene rings is 1. The van der Waals surface area contributed by atoms with E-state index in [4.69, 9.17) is 10.5 Å². The summed E-state index contributed by atoms with van der Waals surface area (Å²) >= 11 is 0. The van der Waals surface area contributed by atoms with E-state index >= 15 is 0 Å². The van der Waals surface area contributed by atoms with Gasteiger partial charge in [-0.25, -0.2) is 4.39 Å². The molecule has 0 saturated carbocycles. The number of nitrogens with two attached hydrogens (primary N) is 1. The number of halogens is 1. The van der Waals surface area contributed by atoms with Gasteiger partial charge in [0.25, 0.3) is 11.6 Å². The van der Waals surface area contributed by atoms with Gasteiger partial charge in [-0.05, 0) is 6.07 Å². The summed E-state index contributed by atoms with van der Waals surface area (Å²) in [6.45, 7) is 0.388. The van der Waals surface area contributed by atoms with Crippen LogP contribution in [0.1, 0.15) is 10.4 Å². The molecule has 0 saturated heterocycles. The molecule has 0 aliphatic carbocycles. The fraction of sp³-hybridized carbons (Fsp3) is 0.300. The predicted molar refractivity (Wildman–Crippen MR) is 61.7 cm³/mol. The van der Waals surface area contributed by atoms with E-state index in [2.05, 4.69) is 5.32 Å². The number of nitrogens with one attached hydrogen (secondary N) is 1. The number of nitro groups is 1. The van der Waals surface area contributed by atoms with Crippen molar-refractivity contribution in [2.24, 2.45) is 0 Å². The van der Waals surface area contributed by atoms with Crippen LogP contribution < -0.4 is 11.1 Å². The molecule has 0 atom stereocenters. The average molecular weight is 257 g/mol. The average Bonchev–Trinajstić information content (AvgIpc) is 2.28. The molecule has 1 rings (SSSR count). The molecule has 3 N–H and O–H groups in total. The van der Waals surface area contributed by atoms with Crippen molar-refractivity contribution < 1.29 is 18.8 Å². The second-order valence-corrected chi connectivity index (χ2v) is 3.36. The van der Waals surface area contributed by atoms with E-state index in [0.717, 1.165) is 12.1 Å². The van der Waals surface area contributed by atoms with Crippen LogP contribution in [-0.2, 0) is 4.74 Å². The zero-order valence-corrected chi connectivity index (χ0v) is 9.60. The molecule has 8 heteroatoms. The Bertz CT molecular complexity index is 478. The lowest BCUT2D eigenvalue weighted by molar-refractivity contribution is -0.384. The molecule has 0 radical (unpaired) electrons. The first-order valence-electron chi connectivity index (χ1n) is 4.98. The number of methoxy groups -OCH3 is 1. The minimum atomic E-state index is -0.909. The summed E-state index contributed by atoms with van der Waals surface area (Å²) in [6.07, 6.45) is 0. The fourth-order valence-corrected chi connectivity index (χ4v) is 1.33. The van der Waals surface area contributed by atoms with Crippen molar-refractivity contribution in [1.29, 1.82) is 0 Å². The lowest BCUT2D eigenvalue weighted by Gasteiger charge is -2.08. The van der Waals surface area contributed by atoms with Crippen molar-refractivity contribution in [3.05, 3.63) is 33.6 Å². The summed E-state index contributed by atoms with van der Waals surface area (Å²) in [6, 6.07) is 1.75. The highest BCUT2D eigenvalue weighted by atomic mass is 19.1. The number of nitrogens with zero attached hydrogens (tertiary/aromatic N) is 1. The molecule has 7 nitrogen and oxygen atoms in total. The first-order chi connectivity index (χ1) is 8.49. The number of nitro benzene ring substituents is 1. The molecular formula is C10H12FN3O4. The third-order valence-electron chi connectivity index (χ3n) is 2.19. The molecule has 0 aliphatic rings. The predicted octanol–water partition coefficient (Wildman–Crippen LogP) is 0.692. The molecule has 1 aromatic carbocycles. The summed E-state index contributed by atoms with van der Waals surface area (Å²) in [5.74, 6) is -1.72. The van der Waals surface area contributed by atoms with Crippen LogP contribution in [0.15, 0.2) is 12.1 Å². The largest absolute Gasteiger partial charge is 0.392 e. The Balaban J connectivity index is 3.03. The van der Waals surface area contributed by atoms with Gasteiger partial charge in [0.15, 0.2) is 0 Å². The van der Waals surface area contributed by atoms with E-state index in [1.54, 1.807) is 0 Å². The first kappa shape index (κ1) is 13.8. The summed E-state index contributed by atoms with van der Waals surface area (Å²) in [5.41, 5.74) is 3.89. The quantitative estimate of drug-likeness (QED) is 0.349. The Morgan fingerprint density at radius 1 is 1.61 bits per heavy atom. The van der Waals surface area contributed by atoms with E-state index in [1.807, 2.05) is 0 Å². The van der Waals surface area contributed by atoms with Crippen LogP contribution in [0.3, 0.4) is 0 Å². The normalized spacial score (nSPS) is 10.1. The Kier molecular flexibility index (Phi) is 4.55. The van der Waals surface area contributed by atoms with Gasteiger partial charge in [0.2, 0.25) is 0 Å². The molecule has 0 bridgehead atoms. The fourth-order valence-electron chi connectivity index (χ4n) is 1.33. The standard InChI is InChI=1S/C10H12FN3O4/c1-18-5-4-13-10(15)8-6(11)2-3-7(9(8)12)14(16)17/h2-3H,4-5,12H2,1H3,(H,13,15). The highest BCUT2D eigenvalue weighted by molar-refractivity contribution is 6.01. The van der Waals surface area contributed by atoms with Crippen LogP contribution in [0.2, 0.25) is 0 Å². The Morgan fingerprint density at radius 2 is 2.28 bits per heavy atom. The van der Waals surface area contributed by atoms with Crippen LogP contribution in [0, 0.1) is 15.9 Å². The summed E-state index contributed by atoms with van der Waals surface area (Å²) in [5, 5.41) is 13.0. The second kappa shape index (κ2) is 5.92. The lowest BCUT2D eigenvalue weighted by Crippen LogP contribution is -2.28. The zero-order chi connectivity index (χ0) is 13.7. The van der Waals surface area contributed by atoms with E-state index in [1.165, 1.54) is 7.11 Å². The van der Waals surface area contributed by atoms with Gasteiger partial charge in [0.1, 0.15) is 17.1 Å². The van der Waals surface area contributed by atoms with E-state index in [-0.39, 0.29) is 13.2 Å². The topological polar surface area (TPSA) is 107 Å². The molecule has 0 aromatic heterocycles. The SMILES string of the molecule is COCCNC(=O)c1c(F)ccc([N+](=O)[O-])c1N. The minimum Gasteiger partial charge on any atom is -0.392 e. The van der Waals surface area contributed by atoms with Gasteiger partial charge in [-0.2, -0.15) is 0 Å². The molecule has 0 aliphatic heterocycles. The minimum absolute atomic E-state index is 0.150. The number of rotatable bonds is 5. The number of carbonyl (C=O) groups is 1. The maximum Gasteiger partial charge on any atom is 0.293 e. The first-order valence-corrected chi connectivity index (χ1v) is 4.98. The number of hydrogen-bond acceptors (Lipinski definition) is 5. The van der Waals surface area contributed by atoms with Gasteiger partial charge in [0.05, 0.1) is 11.5 Å². The number of anilines is 1. The number of hydrogen-bond donors (Lipinski definition) is 2. The van der Waals surface area contributed by atoms with Gasteiger partial charge >= 0.3 is 0 Å². The number of nitrogen functional groups attached to an aromatic ring is 1. The number of carbonyl (C=O) groups excluding carboxylic acids is 1. The molecule has 1 aromatic rings. The van der Waals surface area contributed by atoms with Crippen molar-refractivity contribution in [3.8, 4) is 0 Å². The maximum absolute atomic E-state index is 13.5. The lowest BCUT2D eigenvalue weighted by atomic mass is 10.1. The van der Waals surface area contributed by atoms with Crippen molar-refractivity contribution in [3.63, 3.8) is 0 Å². The van der Waals surface area contributed by atoms with Crippen LogP contribution >= 0.6 is 0 Å². The third kappa shape index (κ3) is 2.92. The Morgan fingerprint density at radius 3 is 2.83 bits per heavy atom. The van der Waals surface area contributed by atoms with Crippen LogP contribution in [-0.4, -0.2) is 31.1 Å². The Hall–Kier alpha value is -2.22. The van der Waals surface area contributed by atoms with E-state index in [0.29, 0.717) is 0 Å². The molecule has 98 valence electrons. The van der Waals surface area contributed by atoms with Crippen molar-refractivity contribution >= 4 is 17.3 Å². The monoisotopic (exact) mass is 257 g/mol. The highest BCUT2D eigenvalue weighted by Crippen LogP contribution is 2.27. The number of amides is 1. The molecule has 0 unspecified atom stereocenters. The smallest absolute Gasteiger partial charge is 0.293 e. The molecule has 18 heavy (non-hydrogen) atoms. The molecule has 0 heterocycles. The number of ether oxygens (including phenoxy) is 1. The van der Waals surface area contributed by atoms with Gasteiger partial charge in [-0.1, -0.05) is 0 Å². The molecule has 0 spiro atoms. The van der Waals surface area contributed by atoms with E-state index < -0.39 is 33.6 Å². The zero-order valence-electron chi connectivity index (χ0n) is 9.60. The maximum atomic E-state index is 13.5. The summed E-state index contributed by atoms with van der Waals surface area (Å²) in [7, 11) is 1.44. The van der Waals surface area contributed by atoms with E-state index in [9.17, 15) is 19.3 Å². The second-order valence-electron chi connectivity index (χ2n) is 3.36. The summed E-state index contributed by atoms with van der Waals surface area (Å²) < 4.78 is 18.2. The van der Waals surface area contributed by atoms with Crippen molar-refractivity contribution in [2.45, 2.75) is 0 Å². The molecule has 0 fully saturated rings. The van der Waals surface area contributed by atoms with Gasteiger partial charge in [-0.3, -0.25) is 14.9 Å². The summed E-state index contributed by atoms with van der Waals surface area (Å²) in [4.78, 5) is 21.5. The Labute approximate surface area is 102 Å². The third-order valence-corrected chi connectivity index (χ3v) is 2.19. The van der Waals surface area contributed by atoms with Gasteiger partial charge in [-0.15, -0.1) is 0 Å². The molecular weight excluding hydrogens is 245 g/mol. The van der Waals surface area contributed by atoms with Crippen molar-refractivity contribution in [1.82, 2.24) is 5.32 Å². The van der Waals surface area contributed by atoms with Crippen LogP contribution in [0.4, 0.5) is 15.8 Å². The van der Waals surface area contributed by atoms with Crippen molar-refractivity contribution in [2.75, 3.05) is 26.0 Å². The molecule has 1 amide bonds. The highest BCUT2D eigenvalue weighted by Gasteiger charge is 2.23. The van der Waals surface area contributed by atoms with Gasteiger partial charge in [0, 0.05) is 19.7 Å². The van der Waals surface area contributed by atoms with Crippen LogP contribution in [0.25, 0.3) is 0 Å². The van der Waals surface area contributed by atoms with Gasteiger partial charge < -0.3 is 15.8 Å².